The second kappa shape index (κ2) is 4.19. The first kappa shape index (κ1) is 12.0. The topological polar surface area (TPSA) is 23.8 Å². The largest absolute Gasteiger partial charge is 0.419 e. The van der Waals surface area contributed by atoms with Gasteiger partial charge >= 0.3 is 6.18 Å². The maximum absolute atomic E-state index is 13.2. The van der Waals surface area contributed by atoms with Gasteiger partial charge in [-0.3, -0.25) is 0 Å². The quantitative estimate of drug-likeness (QED) is 0.721. The summed E-state index contributed by atoms with van der Waals surface area (Å²) in [6.07, 6.45) is -5.26. The van der Waals surface area contributed by atoms with Gasteiger partial charge < -0.3 is 0 Å². The smallest absolute Gasteiger partial charge is 0.205 e. The number of halogens is 5. The Hall–Kier alpha value is -1.09. The zero-order valence-electron chi connectivity index (χ0n) is 7.20. The van der Waals surface area contributed by atoms with Crippen molar-refractivity contribution in [2.45, 2.75) is 12.6 Å². The maximum atomic E-state index is 13.2. The lowest BCUT2D eigenvalue weighted by molar-refractivity contribution is -0.140. The molecule has 1 aromatic carbocycles. The summed E-state index contributed by atoms with van der Waals surface area (Å²) in [6, 6.07) is 3.79. The van der Waals surface area contributed by atoms with Gasteiger partial charge in [0.05, 0.1) is 22.5 Å². The molecule has 0 aliphatic carbocycles. The molecular formula is C9H4BrF4N. The molecule has 0 radical (unpaired) electrons. The van der Waals surface area contributed by atoms with Gasteiger partial charge in [0, 0.05) is 0 Å². The van der Waals surface area contributed by atoms with Crippen LogP contribution in [0.15, 0.2) is 16.6 Å². The molecule has 1 rings (SSSR count). The van der Waals surface area contributed by atoms with Gasteiger partial charge in [0.25, 0.3) is 0 Å². The van der Waals surface area contributed by atoms with Crippen molar-refractivity contribution < 1.29 is 17.6 Å². The molecule has 0 unspecified atom stereocenters. The fourth-order valence-corrected chi connectivity index (χ4v) is 1.46. The van der Waals surface area contributed by atoms with Gasteiger partial charge in [0.15, 0.2) is 0 Å². The molecule has 0 atom stereocenters. The van der Waals surface area contributed by atoms with Crippen molar-refractivity contribution in [3.8, 4) is 6.07 Å². The summed E-state index contributed by atoms with van der Waals surface area (Å²) in [5, 5.41) is 8.32. The Balaban J connectivity index is 3.43. The molecule has 0 fully saturated rings. The fraction of sp³-hybridized carbons (Fsp3) is 0.222. The molecule has 0 heterocycles. The van der Waals surface area contributed by atoms with E-state index < -0.39 is 24.0 Å². The lowest BCUT2D eigenvalue weighted by Gasteiger charge is -2.12. The van der Waals surface area contributed by atoms with E-state index in [9.17, 15) is 17.6 Å². The van der Waals surface area contributed by atoms with E-state index in [4.69, 9.17) is 5.26 Å². The minimum Gasteiger partial charge on any atom is -0.205 e. The van der Waals surface area contributed by atoms with Crippen LogP contribution in [0.5, 0.6) is 0 Å². The van der Waals surface area contributed by atoms with Crippen LogP contribution in [0.4, 0.5) is 17.6 Å². The molecule has 0 aliphatic heterocycles. The lowest BCUT2D eigenvalue weighted by atomic mass is 10.0. The summed E-state index contributed by atoms with van der Waals surface area (Å²) >= 11 is 2.67. The van der Waals surface area contributed by atoms with Crippen LogP contribution in [-0.4, -0.2) is 0 Å². The number of hydrogen-bond donors (Lipinski definition) is 0. The molecule has 0 N–H and O–H groups in total. The third-order valence-corrected chi connectivity index (χ3v) is 2.35. The van der Waals surface area contributed by atoms with Crippen molar-refractivity contribution in [3.63, 3.8) is 0 Å². The summed E-state index contributed by atoms with van der Waals surface area (Å²) in [6.45, 7) is 0. The van der Waals surface area contributed by atoms with Crippen LogP contribution in [0.3, 0.4) is 0 Å². The third kappa shape index (κ3) is 2.48. The van der Waals surface area contributed by atoms with E-state index >= 15 is 0 Å². The molecule has 80 valence electrons. The molecule has 0 aromatic heterocycles. The van der Waals surface area contributed by atoms with Gasteiger partial charge in [-0.25, -0.2) is 4.39 Å². The maximum Gasteiger partial charge on any atom is 0.419 e. The van der Waals surface area contributed by atoms with Crippen molar-refractivity contribution in [1.82, 2.24) is 0 Å². The van der Waals surface area contributed by atoms with Crippen LogP contribution >= 0.6 is 15.9 Å². The molecule has 0 spiro atoms. The van der Waals surface area contributed by atoms with E-state index in [0.717, 1.165) is 12.1 Å². The highest BCUT2D eigenvalue weighted by atomic mass is 79.9. The number of rotatable bonds is 1. The second-order valence-electron chi connectivity index (χ2n) is 2.73. The molecule has 15 heavy (non-hydrogen) atoms. The standard InChI is InChI=1S/C9H4BrF4N/c10-6-2-1-5(3-4-15)7(8(6)11)9(12,13)14/h1-2H,3H2. The summed E-state index contributed by atoms with van der Waals surface area (Å²) in [5.74, 6) is -1.38. The first-order valence-electron chi connectivity index (χ1n) is 3.79. The minimum absolute atomic E-state index is 0.267. The van der Waals surface area contributed by atoms with Crippen LogP contribution in [-0.2, 0) is 12.6 Å². The molecule has 0 saturated heterocycles. The summed E-state index contributed by atoms with van der Waals surface area (Å²) in [4.78, 5) is 0. The SMILES string of the molecule is N#CCc1ccc(Br)c(F)c1C(F)(F)F. The van der Waals surface area contributed by atoms with Crippen LogP contribution in [0.25, 0.3) is 0 Å². The molecular weight excluding hydrogens is 278 g/mol. The van der Waals surface area contributed by atoms with Crippen LogP contribution in [0.2, 0.25) is 0 Å². The predicted molar refractivity (Wildman–Crippen MR) is 48.4 cm³/mol. The van der Waals surface area contributed by atoms with Crippen molar-refractivity contribution in [2.75, 3.05) is 0 Å². The Morgan fingerprint density at radius 3 is 2.40 bits per heavy atom. The van der Waals surface area contributed by atoms with Gasteiger partial charge in [0.2, 0.25) is 0 Å². The lowest BCUT2D eigenvalue weighted by Crippen LogP contribution is -2.12. The van der Waals surface area contributed by atoms with E-state index in [1.165, 1.54) is 0 Å². The minimum atomic E-state index is -4.79. The van der Waals surface area contributed by atoms with Crippen LogP contribution < -0.4 is 0 Å². The Morgan fingerprint density at radius 2 is 1.93 bits per heavy atom. The first-order valence-corrected chi connectivity index (χ1v) is 4.58. The summed E-state index contributed by atoms with van der Waals surface area (Å²) < 4.78 is 50.3. The zero-order chi connectivity index (χ0) is 11.6. The highest BCUT2D eigenvalue weighted by Crippen LogP contribution is 2.36. The average molecular weight is 282 g/mol. The van der Waals surface area contributed by atoms with Gasteiger partial charge in [-0.15, -0.1) is 0 Å². The van der Waals surface area contributed by atoms with Gasteiger partial charge in [-0.2, -0.15) is 18.4 Å². The fourth-order valence-electron chi connectivity index (χ4n) is 1.13. The third-order valence-electron chi connectivity index (χ3n) is 1.73. The highest BCUT2D eigenvalue weighted by molar-refractivity contribution is 9.10. The van der Waals surface area contributed by atoms with E-state index in [2.05, 4.69) is 15.9 Å². The molecule has 1 nitrogen and oxygen atoms in total. The van der Waals surface area contributed by atoms with E-state index in [1.807, 2.05) is 0 Å². The molecule has 0 aliphatic rings. The summed E-state index contributed by atoms with van der Waals surface area (Å²) in [7, 11) is 0. The van der Waals surface area contributed by atoms with E-state index in [1.54, 1.807) is 6.07 Å². The molecule has 0 saturated carbocycles. The average Bonchev–Trinajstić information content (AvgIpc) is 2.10. The van der Waals surface area contributed by atoms with Crippen molar-refractivity contribution in [3.05, 3.63) is 33.5 Å². The summed E-state index contributed by atoms with van der Waals surface area (Å²) in [5.41, 5.74) is -1.73. The zero-order valence-corrected chi connectivity index (χ0v) is 8.78. The molecule has 0 amide bonds. The van der Waals surface area contributed by atoms with Crippen molar-refractivity contribution >= 4 is 15.9 Å². The normalized spacial score (nSPS) is 11.2. The Labute approximate surface area is 91.4 Å². The first-order chi connectivity index (χ1) is 6.88. The van der Waals surface area contributed by atoms with Gasteiger partial charge in [-0.05, 0) is 27.6 Å². The highest BCUT2D eigenvalue weighted by Gasteiger charge is 2.37. The number of nitriles is 1. The van der Waals surface area contributed by atoms with Crippen molar-refractivity contribution in [2.24, 2.45) is 0 Å². The van der Waals surface area contributed by atoms with E-state index in [0.29, 0.717) is 0 Å². The van der Waals surface area contributed by atoms with Gasteiger partial charge in [-0.1, -0.05) is 6.07 Å². The van der Waals surface area contributed by atoms with Gasteiger partial charge in [0.1, 0.15) is 5.82 Å². The number of alkyl halides is 3. The molecule has 0 bridgehead atoms. The number of nitrogens with zero attached hydrogens (tertiary/aromatic N) is 1. The molecule has 6 heteroatoms. The predicted octanol–water partition coefficient (Wildman–Crippen LogP) is 3.67. The second-order valence-corrected chi connectivity index (χ2v) is 3.58. The molecule has 1 aromatic rings. The number of hydrogen-bond acceptors (Lipinski definition) is 1. The van der Waals surface area contributed by atoms with E-state index in [-0.39, 0.29) is 10.0 Å². The van der Waals surface area contributed by atoms with Crippen LogP contribution in [0, 0.1) is 17.1 Å². The number of benzene rings is 1. The van der Waals surface area contributed by atoms with Crippen molar-refractivity contribution in [1.29, 1.82) is 5.26 Å². The Morgan fingerprint density at radius 1 is 1.33 bits per heavy atom. The Kier molecular flexibility index (Phi) is 3.35. The van der Waals surface area contributed by atoms with Crippen LogP contribution in [0.1, 0.15) is 11.1 Å². The monoisotopic (exact) mass is 281 g/mol. The Bertz CT molecular complexity index is 419.